The summed E-state index contributed by atoms with van der Waals surface area (Å²) >= 11 is 0. The second-order valence-corrected chi connectivity index (χ2v) is 7.28. The zero-order valence-electron chi connectivity index (χ0n) is 14.3. The van der Waals surface area contributed by atoms with Crippen molar-refractivity contribution in [2.45, 2.75) is 50.7 Å². The molecule has 2 fully saturated rings. The Labute approximate surface area is 139 Å². The Hall–Kier alpha value is -1.10. The van der Waals surface area contributed by atoms with Gasteiger partial charge in [-0.1, -0.05) is 32.0 Å². The third-order valence-corrected chi connectivity index (χ3v) is 5.03. The highest BCUT2D eigenvalue weighted by atomic mass is 16.5. The molecule has 4 heteroatoms. The molecule has 0 aromatic heterocycles. The predicted octanol–water partition coefficient (Wildman–Crippen LogP) is 2.80. The minimum atomic E-state index is -0.467. The molecule has 1 saturated heterocycles. The molecule has 1 atom stereocenters. The molecule has 1 aromatic rings. The van der Waals surface area contributed by atoms with E-state index in [1.165, 1.54) is 12.0 Å². The minimum Gasteiger partial charge on any atom is -0.491 e. The topological polar surface area (TPSA) is 41.9 Å². The first kappa shape index (κ1) is 16.7. The lowest BCUT2D eigenvalue weighted by atomic mass is 9.79. The van der Waals surface area contributed by atoms with Gasteiger partial charge in [-0.05, 0) is 36.8 Å². The van der Waals surface area contributed by atoms with Gasteiger partial charge in [-0.2, -0.15) is 0 Å². The van der Waals surface area contributed by atoms with Crippen molar-refractivity contribution in [2.24, 2.45) is 0 Å². The SMILES string of the molecule is CC(C)c1ccccc1OCC(O)CN1CCOC2(CCC2)C1. The Morgan fingerprint density at radius 2 is 2.09 bits per heavy atom. The second kappa shape index (κ2) is 7.20. The molecule has 1 unspecified atom stereocenters. The smallest absolute Gasteiger partial charge is 0.122 e. The summed E-state index contributed by atoms with van der Waals surface area (Å²) in [6.07, 6.45) is 3.13. The van der Waals surface area contributed by atoms with E-state index in [0.29, 0.717) is 19.1 Å². The molecule has 1 aliphatic carbocycles. The monoisotopic (exact) mass is 319 g/mol. The molecule has 128 valence electrons. The van der Waals surface area contributed by atoms with Crippen LogP contribution in [-0.2, 0) is 4.74 Å². The van der Waals surface area contributed by atoms with E-state index >= 15 is 0 Å². The zero-order valence-corrected chi connectivity index (χ0v) is 14.3. The molecule has 1 N–H and O–H groups in total. The van der Waals surface area contributed by atoms with Crippen molar-refractivity contribution in [1.82, 2.24) is 4.90 Å². The van der Waals surface area contributed by atoms with Crippen LogP contribution in [0.25, 0.3) is 0 Å². The number of aliphatic hydroxyl groups is 1. The first-order chi connectivity index (χ1) is 11.1. The van der Waals surface area contributed by atoms with Gasteiger partial charge >= 0.3 is 0 Å². The maximum atomic E-state index is 10.3. The fourth-order valence-corrected chi connectivity index (χ4v) is 3.58. The Kier molecular flexibility index (Phi) is 5.24. The van der Waals surface area contributed by atoms with E-state index < -0.39 is 6.10 Å². The number of morpholine rings is 1. The van der Waals surface area contributed by atoms with Gasteiger partial charge in [0, 0.05) is 19.6 Å². The highest BCUT2D eigenvalue weighted by Crippen LogP contribution is 2.38. The van der Waals surface area contributed by atoms with Crippen molar-refractivity contribution in [3.63, 3.8) is 0 Å². The predicted molar refractivity (Wildman–Crippen MR) is 91.0 cm³/mol. The van der Waals surface area contributed by atoms with E-state index in [9.17, 15) is 5.11 Å². The average Bonchev–Trinajstić information content (AvgIpc) is 2.52. The van der Waals surface area contributed by atoms with Crippen molar-refractivity contribution in [2.75, 3.05) is 32.8 Å². The van der Waals surface area contributed by atoms with E-state index in [0.717, 1.165) is 38.3 Å². The van der Waals surface area contributed by atoms with Gasteiger partial charge in [0.15, 0.2) is 0 Å². The molecule has 0 radical (unpaired) electrons. The highest BCUT2D eigenvalue weighted by molar-refractivity contribution is 5.35. The molecule has 1 spiro atoms. The van der Waals surface area contributed by atoms with Crippen LogP contribution in [0.3, 0.4) is 0 Å². The van der Waals surface area contributed by atoms with Crippen LogP contribution in [0, 0.1) is 0 Å². The van der Waals surface area contributed by atoms with E-state index in [1.54, 1.807) is 0 Å². The van der Waals surface area contributed by atoms with E-state index in [-0.39, 0.29) is 5.60 Å². The first-order valence-corrected chi connectivity index (χ1v) is 8.84. The summed E-state index contributed by atoms with van der Waals surface area (Å²) in [7, 11) is 0. The van der Waals surface area contributed by atoms with Gasteiger partial charge in [0.25, 0.3) is 0 Å². The Morgan fingerprint density at radius 3 is 2.78 bits per heavy atom. The van der Waals surface area contributed by atoms with Crippen LogP contribution in [-0.4, -0.2) is 54.6 Å². The summed E-state index contributed by atoms with van der Waals surface area (Å²) in [6, 6.07) is 8.09. The van der Waals surface area contributed by atoms with Crippen molar-refractivity contribution in [3.8, 4) is 5.75 Å². The molecule has 4 nitrogen and oxygen atoms in total. The summed E-state index contributed by atoms with van der Waals surface area (Å²) in [5, 5.41) is 10.3. The van der Waals surface area contributed by atoms with Gasteiger partial charge in [0.05, 0.1) is 12.2 Å². The minimum absolute atomic E-state index is 0.0864. The molecule has 1 aliphatic heterocycles. The van der Waals surface area contributed by atoms with Gasteiger partial charge in [0.1, 0.15) is 18.5 Å². The highest BCUT2D eigenvalue weighted by Gasteiger charge is 2.42. The molecule has 23 heavy (non-hydrogen) atoms. The van der Waals surface area contributed by atoms with Crippen molar-refractivity contribution in [3.05, 3.63) is 29.8 Å². The number of hydrogen-bond donors (Lipinski definition) is 1. The van der Waals surface area contributed by atoms with Crippen molar-refractivity contribution < 1.29 is 14.6 Å². The van der Waals surface area contributed by atoms with Crippen LogP contribution < -0.4 is 4.74 Å². The van der Waals surface area contributed by atoms with Gasteiger partial charge in [-0.15, -0.1) is 0 Å². The maximum absolute atomic E-state index is 10.3. The number of β-amino-alcohol motifs (C(OH)–C–C–N with tert-alkyl or cyclic N) is 1. The number of para-hydroxylation sites is 1. The van der Waals surface area contributed by atoms with Crippen molar-refractivity contribution in [1.29, 1.82) is 0 Å². The lowest BCUT2D eigenvalue weighted by Gasteiger charge is -2.48. The molecule has 2 aliphatic rings. The molecule has 1 heterocycles. The number of hydrogen-bond acceptors (Lipinski definition) is 4. The summed E-state index contributed by atoms with van der Waals surface area (Å²) in [6.45, 7) is 7.95. The van der Waals surface area contributed by atoms with Crippen molar-refractivity contribution >= 4 is 0 Å². The van der Waals surface area contributed by atoms with Gasteiger partial charge in [0.2, 0.25) is 0 Å². The molecule has 3 rings (SSSR count). The third-order valence-electron chi connectivity index (χ3n) is 5.03. The number of aliphatic hydroxyl groups excluding tert-OH is 1. The Morgan fingerprint density at radius 1 is 1.30 bits per heavy atom. The standard InChI is InChI=1S/C19H29NO3/c1-15(2)17-6-3-4-7-18(17)22-13-16(21)12-20-10-11-23-19(14-20)8-5-9-19/h3-4,6-7,15-16,21H,5,8-14H2,1-2H3. The lowest BCUT2D eigenvalue weighted by molar-refractivity contribution is -0.155. The molecule has 0 amide bonds. The van der Waals surface area contributed by atoms with Crippen LogP contribution in [0.15, 0.2) is 24.3 Å². The third kappa shape index (κ3) is 4.06. The zero-order chi connectivity index (χ0) is 16.3. The van der Waals surface area contributed by atoms with Gasteiger partial charge in [-0.25, -0.2) is 0 Å². The van der Waals surface area contributed by atoms with Crippen LogP contribution in [0.4, 0.5) is 0 Å². The number of benzene rings is 1. The molecular weight excluding hydrogens is 290 g/mol. The average molecular weight is 319 g/mol. The van der Waals surface area contributed by atoms with Crippen LogP contribution in [0.2, 0.25) is 0 Å². The molecule has 0 bridgehead atoms. The summed E-state index contributed by atoms with van der Waals surface area (Å²) < 4.78 is 11.8. The number of ether oxygens (including phenoxy) is 2. The molecule has 1 aromatic carbocycles. The lowest BCUT2D eigenvalue weighted by Crippen LogP contribution is -2.57. The quantitative estimate of drug-likeness (QED) is 0.875. The van der Waals surface area contributed by atoms with E-state index in [2.05, 4.69) is 24.8 Å². The Bertz CT molecular complexity index is 513. The summed E-state index contributed by atoms with van der Waals surface area (Å²) in [5.74, 6) is 1.31. The van der Waals surface area contributed by atoms with E-state index in [4.69, 9.17) is 9.47 Å². The number of nitrogens with zero attached hydrogens (tertiary/aromatic N) is 1. The first-order valence-electron chi connectivity index (χ1n) is 8.84. The van der Waals surface area contributed by atoms with Crippen LogP contribution >= 0.6 is 0 Å². The maximum Gasteiger partial charge on any atom is 0.122 e. The Balaban J connectivity index is 1.49. The van der Waals surface area contributed by atoms with Gasteiger partial charge < -0.3 is 14.6 Å². The summed E-state index contributed by atoms with van der Waals surface area (Å²) in [4.78, 5) is 2.32. The molecular formula is C19H29NO3. The fraction of sp³-hybridized carbons (Fsp3) is 0.684. The summed E-state index contributed by atoms with van der Waals surface area (Å²) in [5.41, 5.74) is 1.28. The molecule has 1 saturated carbocycles. The van der Waals surface area contributed by atoms with Gasteiger partial charge in [-0.3, -0.25) is 4.90 Å². The second-order valence-electron chi connectivity index (χ2n) is 7.28. The normalized spacial score (nSPS) is 22.1. The van der Waals surface area contributed by atoms with E-state index in [1.807, 2.05) is 18.2 Å². The largest absolute Gasteiger partial charge is 0.491 e. The fourth-order valence-electron chi connectivity index (χ4n) is 3.58. The van der Waals surface area contributed by atoms with Crippen LogP contribution in [0.1, 0.15) is 44.6 Å². The number of rotatable bonds is 6. The van der Waals surface area contributed by atoms with Crippen LogP contribution in [0.5, 0.6) is 5.75 Å².